The Hall–Kier alpha value is -2.23. The third kappa shape index (κ3) is 2.23. The topological polar surface area (TPSA) is 60.2 Å². The Morgan fingerprint density at radius 3 is 2.81 bits per heavy atom. The number of nitrogens with two attached hydrogens (primary N) is 1. The van der Waals surface area contributed by atoms with Crippen LogP contribution < -0.4 is 15.8 Å². The molecule has 1 heterocycles. The van der Waals surface area contributed by atoms with Crippen molar-refractivity contribution in [3.8, 4) is 5.75 Å². The maximum Gasteiger partial charge on any atom is 0.142 e. The summed E-state index contributed by atoms with van der Waals surface area (Å²) in [6, 6.07) is 11.1. The minimum absolute atomic E-state index is 0.680. The van der Waals surface area contributed by atoms with Crippen molar-refractivity contribution >= 4 is 17.2 Å². The third-order valence-electron chi connectivity index (χ3n) is 2.15. The fourth-order valence-electron chi connectivity index (χ4n) is 1.40. The second kappa shape index (κ2) is 4.53. The van der Waals surface area contributed by atoms with Crippen molar-refractivity contribution in [2.75, 3.05) is 18.2 Å². The summed E-state index contributed by atoms with van der Waals surface area (Å²) < 4.78 is 5.23. The molecule has 3 N–H and O–H groups in total. The van der Waals surface area contributed by atoms with Crippen LogP contribution in [0.15, 0.2) is 42.6 Å². The molecule has 1 aromatic heterocycles. The van der Waals surface area contributed by atoms with E-state index in [1.54, 1.807) is 19.4 Å². The molecule has 0 aliphatic carbocycles. The lowest BCUT2D eigenvalue weighted by Crippen LogP contribution is -1.97. The molecule has 4 nitrogen and oxygen atoms in total. The standard InChI is InChI=1S/C12H13N3O/c1-16-11-6-5-9(13)8-10(11)15-12-4-2-3-7-14-12/h2-8H,13H2,1H3,(H,14,15). The van der Waals surface area contributed by atoms with E-state index in [4.69, 9.17) is 10.5 Å². The first-order chi connectivity index (χ1) is 7.79. The lowest BCUT2D eigenvalue weighted by Gasteiger charge is -2.10. The average molecular weight is 215 g/mol. The highest BCUT2D eigenvalue weighted by Gasteiger charge is 2.03. The fraction of sp³-hybridized carbons (Fsp3) is 0.0833. The van der Waals surface area contributed by atoms with E-state index in [1.165, 1.54) is 0 Å². The molecule has 0 saturated heterocycles. The normalized spacial score (nSPS) is 9.81. The van der Waals surface area contributed by atoms with Gasteiger partial charge in [-0.2, -0.15) is 0 Å². The zero-order chi connectivity index (χ0) is 11.4. The number of aromatic nitrogens is 1. The van der Waals surface area contributed by atoms with Crippen LogP contribution in [-0.4, -0.2) is 12.1 Å². The number of rotatable bonds is 3. The largest absolute Gasteiger partial charge is 0.495 e. The van der Waals surface area contributed by atoms with Gasteiger partial charge in [0.2, 0.25) is 0 Å². The summed E-state index contributed by atoms with van der Waals surface area (Å²) in [5.41, 5.74) is 7.21. The number of nitrogen functional groups attached to an aromatic ring is 1. The van der Waals surface area contributed by atoms with E-state index in [1.807, 2.05) is 30.3 Å². The van der Waals surface area contributed by atoms with E-state index < -0.39 is 0 Å². The Labute approximate surface area is 94.1 Å². The number of hydrogen-bond acceptors (Lipinski definition) is 4. The molecule has 82 valence electrons. The van der Waals surface area contributed by atoms with Crippen molar-refractivity contribution in [3.63, 3.8) is 0 Å². The lowest BCUT2D eigenvalue weighted by molar-refractivity contribution is 0.417. The predicted molar refractivity (Wildman–Crippen MR) is 64.9 cm³/mol. The molecule has 2 aromatic rings. The van der Waals surface area contributed by atoms with E-state index in [0.29, 0.717) is 5.69 Å². The van der Waals surface area contributed by atoms with Crippen LogP contribution in [0.4, 0.5) is 17.2 Å². The highest BCUT2D eigenvalue weighted by atomic mass is 16.5. The van der Waals surface area contributed by atoms with Crippen LogP contribution in [-0.2, 0) is 0 Å². The number of nitrogens with zero attached hydrogens (tertiary/aromatic N) is 1. The van der Waals surface area contributed by atoms with Crippen LogP contribution in [0.2, 0.25) is 0 Å². The summed E-state index contributed by atoms with van der Waals surface area (Å²) in [4.78, 5) is 4.17. The Bertz CT molecular complexity index is 471. The van der Waals surface area contributed by atoms with Crippen molar-refractivity contribution in [3.05, 3.63) is 42.6 Å². The molecule has 16 heavy (non-hydrogen) atoms. The van der Waals surface area contributed by atoms with Crippen LogP contribution in [0.1, 0.15) is 0 Å². The minimum Gasteiger partial charge on any atom is -0.495 e. The average Bonchev–Trinajstić information content (AvgIpc) is 2.31. The second-order valence-electron chi connectivity index (χ2n) is 3.30. The number of ether oxygens (including phenoxy) is 1. The number of methoxy groups -OCH3 is 1. The van der Waals surface area contributed by atoms with Gasteiger partial charge in [0.05, 0.1) is 12.8 Å². The van der Waals surface area contributed by atoms with Crippen molar-refractivity contribution in [1.82, 2.24) is 4.98 Å². The predicted octanol–water partition coefficient (Wildman–Crippen LogP) is 2.42. The first-order valence-corrected chi connectivity index (χ1v) is 4.91. The summed E-state index contributed by atoms with van der Waals surface area (Å²) in [6.45, 7) is 0. The molecule has 0 radical (unpaired) electrons. The van der Waals surface area contributed by atoms with Gasteiger partial charge in [-0.3, -0.25) is 0 Å². The number of nitrogens with one attached hydrogen (secondary N) is 1. The van der Waals surface area contributed by atoms with Crippen LogP contribution in [0.25, 0.3) is 0 Å². The van der Waals surface area contributed by atoms with Crippen molar-refractivity contribution in [2.24, 2.45) is 0 Å². The molecular formula is C12H13N3O. The maximum atomic E-state index is 5.72. The molecule has 2 rings (SSSR count). The van der Waals surface area contributed by atoms with Crippen molar-refractivity contribution in [1.29, 1.82) is 0 Å². The molecule has 0 aliphatic rings. The Morgan fingerprint density at radius 1 is 1.25 bits per heavy atom. The molecule has 0 amide bonds. The number of benzene rings is 1. The molecule has 0 bridgehead atoms. The summed E-state index contributed by atoms with van der Waals surface area (Å²) in [5, 5.41) is 3.15. The van der Waals surface area contributed by atoms with Gasteiger partial charge in [-0.1, -0.05) is 6.07 Å². The molecule has 0 aliphatic heterocycles. The van der Waals surface area contributed by atoms with E-state index in [0.717, 1.165) is 17.3 Å². The molecule has 0 spiro atoms. The third-order valence-corrected chi connectivity index (χ3v) is 2.15. The van der Waals surface area contributed by atoms with E-state index in [2.05, 4.69) is 10.3 Å². The minimum atomic E-state index is 0.680. The summed E-state index contributed by atoms with van der Waals surface area (Å²) in [7, 11) is 1.62. The molecular weight excluding hydrogens is 202 g/mol. The molecule has 4 heteroatoms. The molecule has 0 atom stereocenters. The van der Waals surface area contributed by atoms with Crippen LogP contribution >= 0.6 is 0 Å². The number of hydrogen-bond donors (Lipinski definition) is 2. The molecule has 0 unspecified atom stereocenters. The van der Waals surface area contributed by atoms with E-state index in [9.17, 15) is 0 Å². The smallest absolute Gasteiger partial charge is 0.142 e. The maximum absolute atomic E-state index is 5.72. The molecule has 0 fully saturated rings. The van der Waals surface area contributed by atoms with Crippen LogP contribution in [0.5, 0.6) is 5.75 Å². The number of pyridine rings is 1. The van der Waals surface area contributed by atoms with Gasteiger partial charge in [-0.05, 0) is 30.3 Å². The number of anilines is 3. The first-order valence-electron chi connectivity index (χ1n) is 4.91. The Morgan fingerprint density at radius 2 is 2.12 bits per heavy atom. The van der Waals surface area contributed by atoms with Crippen molar-refractivity contribution in [2.45, 2.75) is 0 Å². The van der Waals surface area contributed by atoms with Gasteiger partial charge in [0.1, 0.15) is 11.6 Å². The zero-order valence-electron chi connectivity index (χ0n) is 8.97. The van der Waals surface area contributed by atoms with Gasteiger partial charge in [-0.25, -0.2) is 4.98 Å². The molecule has 0 saturated carbocycles. The quantitative estimate of drug-likeness (QED) is 0.772. The highest BCUT2D eigenvalue weighted by molar-refractivity contribution is 5.68. The highest BCUT2D eigenvalue weighted by Crippen LogP contribution is 2.28. The van der Waals surface area contributed by atoms with Gasteiger partial charge in [0.15, 0.2) is 0 Å². The SMILES string of the molecule is COc1ccc(N)cc1Nc1ccccn1. The lowest BCUT2D eigenvalue weighted by atomic mass is 10.2. The van der Waals surface area contributed by atoms with Crippen LogP contribution in [0.3, 0.4) is 0 Å². The fourth-order valence-corrected chi connectivity index (χ4v) is 1.40. The van der Waals surface area contributed by atoms with E-state index in [-0.39, 0.29) is 0 Å². The van der Waals surface area contributed by atoms with Gasteiger partial charge in [-0.15, -0.1) is 0 Å². The van der Waals surface area contributed by atoms with Gasteiger partial charge < -0.3 is 15.8 Å². The molecule has 1 aromatic carbocycles. The van der Waals surface area contributed by atoms with Gasteiger partial charge >= 0.3 is 0 Å². The van der Waals surface area contributed by atoms with E-state index >= 15 is 0 Å². The van der Waals surface area contributed by atoms with Crippen molar-refractivity contribution < 1.29 is 4.74 Å². The second-order valence-corrected chi connectivity index (χ2v) is 3.30. The monoisotopic (exact) mass is 215 g/mol. The first kappa shape index (κ1) is 10.3. The summed E-state index contributed by atoms with van der Waals surface area (Å²) in [5.74, 6) is 1.49. The zero-order valence-corrected chi connectivity index (χ0v) is 8.97. The summed E-state index contributed by atoms with van der Waals surface area (Å²) in [6.07, 6.45) is 1.72. The van der Waals surface area contributed by atoms with Gasteiger partial charge in [0.25, 0.3) is 0 Å². The Kier molecular flexibility index (Phi) is 2.91. The van der Waals surface area contributed by atoms with Gasteiger partial charge in [0, 0.05) is 11.9 Å². The summed E-state index contributed by atoms with van der Waals surface area (Å²) >= 11 is 0. The van der Waals surface area contributed by atoms with Crippen LogP contribution in [0, 0.1) is 0 Å². The Balaban J connectivity index is 2.30.